The van der Waals surface area contributed by atoms with Crippen molar-refractivity contribution >= 4 is 35.5 Å². The van der Waals surface area contributed by atoms with Crippen LogP contribution < -0.4 is 10.6 Å². The summed E-state index contributed by atoms with van der Waals surface area (Å²) in [6.45, 7) is 5.72. The van der Waals surface area contributed by atoms with Gasteiger partial charge in [-0.3, -0.25) is 14.4 Å². The highest BCUT2D eigenvalue weighted by Gasteiger charge is 2.44. The fourth-order valence-corrected chi connectivity index (χ4v) is 5.41. The first-order valence-corrected chi connectivity index (χ1v) is 11.2. The van der Waals surface area contributed by atoms with Crippen molar-refractivity contribution in [1.82, 2.24) is 20.4 Å². The minimum absolute atomic E-state index is 0.0105. The molecule has 1 saturated heterocycles. The van der Waals surface area contributed by atoms with E-state index in [0.29, 0.717) is 17.9 Å². The standard InChI is InChI=1S/C20H32N4O6S/c1-10(21-9-16(26)27)6-15(25)24-12(3)11(2)18(17(24)20(29)30)31-13-7-14(22-8-13)19(28)23(4)5/h10-14,21-22H,6-9H2,1-5H3,(H,26,27)(H,29,30)/t10-,11-,12+,13+,14+/m1/s1. The predicted octanol–water partition coefficient (Wildman–Crippen LogP) is 0.154. The summed E-state index contributed by atoms with van der Waals surface area (Å²) in [7, 11) is 3.40. The zero-order chi connectivity index (χ0) is 23.5. The van der Waals surface area contributed by atoms with Crippen LogP contribution in [0, 0.1) is 5.92 Å². The van der Waals surface area contributed by atoms with Crippen molar-refractivity contribution < 1.29 is 29.4 Å². The molecule has 0 spiro atoms. The Morgan fingerprint density at radius 2 is 1.90 bits per heavy atom. The Kier molecular flexibility index (Phi) is 8.49. The highest BCUT2D eigenvalue weighted by atomic mass is 32.2. The van der Waals surface area contributed by atoms with Crippen LogP contribution in [0.15, 0.2) is 10.6 Å². The average molecular weight is 457 g/mol. The molecule has 2 aliphatic rings. The molecule has 0 saturated carbocycles. The molecule has 0 unspecified atom stereocenters. The van der Waals surface area contributed by atoms with Crippen LogP contribution in [0.1, 0.15) is 33.6 Å². The molecule has 10 nitrogen and oxygen atoms in total. The monoisotopic (exact) mass is 456 g/mol. The fraction of sp³-hybridized carbons (Fsp3) is 0.700. The number of rotatable bonds is 9. The maximum atomic E-state index is 12.9. The number of amides is 2. The second-order valence-corrected chi connectivity index (χ2v) is 9.70. The van der Waals surface area contributed by atoms with Gasteiger partial charge in [-0.1, -0.05) is 6.92 Å². The molecule has 11 heteroatoms. The molecule has 174 valence electrons. The van der Waals surface area contributed by atoms with E-state index in [0.717, 1.165) is 0 Å². The van der Waals surface area contributed by atoms with Gasteiger partial charge < -0.3 is 30.6 Å². The Hall–Kier alpha value is -2.11. The summed E-state index contributed by atoms with van der Waals surface area (Å²) in [6.07, 6.45) is 0.576. The van der Waals surface area contributed by atoms with Gasteiger partial charge in [-0.2, -0.15) is 0 Å². The van der Waals surface area contributed by atoms with E-state index in [2.05, 4.69) is 10.6 Å². The maximum Gasteiger partial charge on any atom is 0.353 e. The lowest BCUT2D eigenvalue weighted by atomic mass is 10.1. The third-order valence-electron chi connectivity index (χ3n) is 5.70. The molecule has 0 radical (unpaired) electrons. The number of carboxylic acid groups (broad SMARTS) is 2. The number of nitrogens with one attached hydrogen (secondary N) is 2. The van der Waals surface area contributed by atoms with E-state index in [9.17, 15) is 24.3 Å². The third-order valence-corrected chi connectivity index (χ3v) is 7.21. The van der Waals surface area contributed by atoms with Crippen molar-refractivity contribution in [1.29, 1.82) is 0 Å². The molecule has 2 amide bonds. The van der Waals surface area contributed by atoms with E-state index in [1.807, 2.05) is 13.8 Å². The topological polar surface area (TPSA) is 139 Å². The number of likely N-dealkylation sites (N-methyl/N-ethyl adjacent to an activating group) is 1. The van der Waals surface area contributed by atoms with Crippen molar-refractivity contribution in [3.8, 4) is 0 Å². The molecule has 31 heavy (non-hydrogen) atoms. The molecule has 4 N–H and O–H groups in total. The molecule has 0 aromatic heterocycles. The lowest BCUT2D eigenvalue weighted by Gasteiger charge is -2.26. The molecular formula is C20H32N4O6S. The molecule has 0 aromatic carbocycles. The molecular weight excluding hydrogens is 424 g/mol. The van der Waals surface area contributed by atoms with Crippen molar-refractivity contribution in [2.75, 3.05) is 27.2 Å². The third kappa shape index (κ3) is 5.98. The average Bonchev–Trinajstić information content (AvgIpc) is 3.24. The maximum absolute atomic E-state index is 12.9. The molecule has 5 atom stereocenters. The van der Waals surface area contributed by atoms with Crippen LogP contribution in [0.4, 0.5) is 0 Å². The zero-order valence-electron chi connectivity index (χ0n) is 18.5. The molecule has 2 heterocycles. The number of carbonyl (C=O) groups is 4. The number of hydrogen-bond acceptors (Lipinski definition) is 7. The molecule has 1 fully saturated rings. The summed E-state index contributed by atoms with van der Waals surface area (Å²) < 4.78 is 0. The summed E-state index contributed by atoms with van der Waals surface area (Å²) in [4.78, 5) is 51.5. The van der Waals surface area contributed by atoms with E-state index in [1.54, 1.807) is 21.0 Å². The second kappa shape index (κ2) is 10.5. The normalized spacial score (nSPS) is 26.8. The van der Waals surface area contributed by atoms with Gasteiger partial charge in [0.05, 0.1) is 12.6 Å². The van der Waals surface area contributed by atoms with Crippen LogP contribution in [0.3, 0.4) is 0 Å². The number of nitrogens with zero attached hydrogens (tertiary/aromatic N) is 2. The van der Waals surface area contributed by atoms with Crippen LogP contribution in [0.5, 0.6) is 0 Å². The smallest absolute Gasteiger partial charge is 0.353 e. The molecule has 0 aromatic rings. The highest BCUT2D eigenvalue weighted by molar-refractivity contribution is 8.03. The predicted molar refractivity (Wildman–Crippen MR) is 116 cm³/mol. The summed E-state index contributed by atoms with van der Waals surface area (Å²) >= 11 is 1.43. The molecule has 0 aliphatic carbocycles. The van der Waals surface area contributed by atoms with E-state index in [1.165, 1.54) is 21.6 Å². The van der Waals surface area contributed by atoms with E-state index >= 15 is 0 Å². The van der Waals surface area contributed by atoms with Gasteiger partial charge in [-0.15, -0.1) is 11.8 Å². The van der Waals surface area contributed by atoms with Crippen molar-refractivity contribution in [3.05, 3.63) is 10.6 Å². The first-order chi connectivity index (χ1) is 14.4. The van der Waals surface area contributed by atoms with Gasteiger partial charge in [-0.25, -0.2) is 4.79 Å². The van der Waals surface area contributed by atoms with Crippen LogP contribution >= 0.6 is 11.8 Å². The fourth-order valence-electron chi connectivity index (χ4n) is 3.87. The van der Waals surface area contributed by atoms with Gasteiger partial charge in [-0.05, 0) is 20.3 Å². The highest BCUT2D eigenvalue weighted by Crippen LogP contribution is 2.44. The lowest BCUT2D eigenvalue weighted by Crippen LogP contribution is -2.42. The van der Waals surface area contributed by atoms with Gasteiger partial charge >= 0.3 is 11.9 Å². The van der Waals surface area contributed by atoms with E-state index in [-0.39, 0.29) is 53.7 Å². The van der Waals surface area contributed by atoms with Gasteiger partial charge in [0.15, 0.2) is 0 Å². The van der Waals surface area contributed by atoms with Crippen LogP contribution in [-0.4, -0.2) is 94.3 Å². The van der Waals surface area contributed by atoms with Gasteiger partial charge in [0.1, 0.15) is 5.70 Å². The summed E-state index contributed by atoms with van der Waals surface area (Å²) in [5.41, 5.74) is -0.0113. The van der Waals surface area contributed by atoms with Gasteiger partial charge in [0.25, 0.3) is 0 Å². The van der Waals surface area contributed by atoms with Crippen molar-refractivity contribution in [2.24, 2.45) is 5.92 Å². The number of hydrogen-bond donors (Lipinski definition) is 4. The van der Waals surface area contributed by atoms with E-state index < -0.39 is 18.0 Å². The Labute approximate surface area is 186 Å². The number of thioether (sulfide) groups is 1. The zero-order valence-corrected chi connectivity index (χ0v) is 19.4. The summed E-state index contributed by atoms with van der Waals surface area (Å²) in [5.74, 6) is -2.72. The van der Waals surface area contributed by atoms with Crippen molar-refractivity contribution in [3.63, 3.8) is 0 Å². The quantitative estimate of drug-likeness (QED) is 0.382. The van der Waals surface area contributed by atoms with Gasteiger partial charge in [0.2, 0.25) is 11.8 Å². The number of aliphatic carboxylic acids is 2. The summed E-state index contributed by atoms with van der Waals surface area (Å²) in [6, 6.07) is -1.04. The number of carboxylic acids is 2. The van der Waals surface area contributed by atoms with Crippen LogP contribution in [0.25, 0.3) is 0 Å². The molecule has 2 rings (SSSR count). The Bertz CT molecular complexity index is 771. The minimum atomic E-state index is -1.16. The first-order valence-electron chi connectivity index (χ1n) is 10.3. The summed E-state index contributed by atoms with van der Waals surface area (Å²) in [5, 5.41) is 24.6. The lowest BCUT2D eigenvalue weighted by molar-refractivity contribution is -0.140. The largest absolute Gasteiger partial charge is 0.480 e. The second-order valence-electron chi connectivity index (χ2n) is 8.36. The minimum Gasteiger partial charge on any atom is -0.480 e. The first kappa shape index (κ1) is 25.2. The molecule has 2 aliphatic heterocycles. The van der Waals surface area contributed by atoms with E-state index in [4.69, 9.17) is 5.11 Å². The molecule has 0 bridgehead atoms. The van der Waals surface area contributed by atoms with Crippen LogP contribution in [0.2, 0.25) is 0 Å². The van der Waals surface area contributed by atoms with Crippen LogP contribution in [-0.2, 0) is 19.2 Å². The number of carbonyl (C=O) groups excluding carboxylic acids is 2. The van der Waals surface area contributed by atoms with Gasteiger partial charge in [0, 0.05) is 55.2 Å². The Morgan fingerprint density at radius 3 is 2.45 bits per heavy atom. The van der Waals surface area contributed by atoms with Crippen molar-refractivity contribution in [2.45, 2.75) is 57.0 Å². The Balaban J connectivity index is 2.16. The SMILES string of the molecule is C[C@H](CC(=O)N1C(C(=O)O)=C(S[C@@H]2CN[C@H](C(=O)N(C)C)C2)[C@H](C)[C@@H]1C)NCC(=O)O. The Morgan fingerprint density at radius 1 is 1.26 bits per heavy atom.